The van der Waals surface area contributed by atoms with Gasteiger partial charge in [0.05, 0.1) is 12.4 Å². The van der Waals surface area contributed by atoms with Gasteiger partial charge in [0.1, 0.15) is 0 Å². The molecule has 2 N–H and O–H groups in total. The number of unbranched alkanes of at least 4 members (excludes halogenated alkanes) is 7. The zero-order valence-electron chi connectivity index (χ0n) is 12.6. The molecular formula is C12H27NO6S2. The van der Waals surface area contributed by atoms with Crippen LogP contribution in [0.2, 0.25) is 0 Å². The van der Waals surface area contributed by atoms with E-state index in [9.17, 15) is 16.8 Å². The highest BCUT2D eigenvalue weighted by molar-refractivity contribution is 7.97. The molecule has 0 aromatic heterocycles. The van der Waals surface area contributed by atoms with Crippen LogP contribution >= 0.6 is 0 Å². The van der Waals surface area contributed by atoms with Crippen molar-refractivity contribution in [3.8, 4) is 0 Å². The fourth-order valence-corrected chi connectivity index (χ4v) is 3.78. The minimum absolute atomic E-state index is 0.0740. The molecule has 0 aliphatic heterocycles. The Kier molecular flexibility index (Phi) is 11.2. The average molecular weight is 345 g/mol. The van der Waals surface area contributed by atoms with E-state index in [1.54, 1.807) is 0 Å². The van der Waals surface area contributed by atoms with Gasteiger partial charge in [-0.15, -0.1) is 3.63 Å². The minimum atomic E-state index is -4.51. The summed E-state index contributed by atoms with van der Waals surface area (Å²) in [5.41, 5.74) is 5.04. The molecule has 7 nitrogen and oxygen atoms in total. The largest absolute Gasteiger partial charge is 0.414 e. The molecule has 0 radical (unpaired) electrons. The summed E-state index contributed by atoms with van der Waals surface area (Å²) in [6, 6.07) is 0. The third-order valence-electron chi connectivity index (χ3n) is 2.78. The predicted molar refractivity (Wildman–Crippen MR) is 81.4 cm³/mol. The third-order valence-corrected chi connectivity index (χ3v) is 5.47. The molecule has 128 valence electrons. The van der Waals surface area contributed by atoms with E-state index in [1.807, 2.05) is 0 Å². The molecule has 0 bridgehead atoms. The quantitative estimate of drug-likeness (QED) is 0.477. The van der Waals surface area contributed by atoms with Crippen molar-refractivity contribution in [1.29, 1.82) is 0 Å². The molecular weight excluding hydrogens is 318 g/mol. The monoisotopic (exact) mass is 345 g/mol. The van der Waals surface area contributed by atoms with Crippen LogP contribution in [0.1, 0.15) is 58.3 Å². The van der Waals surface area contributed by atoms with Crippen molar-refractivity contribution in [2.75, 3.05) is 18.9 Å². The Balaban J connectivity index is 3.72. The number of rotatable bonds is 14. The number of nitrogens with two attached hydrogens (primary N) is 1. The molecule has 0 aliphatic rings. The van der Waals surface area contributed by atoms with E-state index in [-0.39, 0.29) is 13.2 Å². The van der Waals surface area contributed by atoms with Crippen molar-refractivity contribution < 1.29 is 24.6 Å². The summed E-state index contributed by atoms with van der Waals surface area (Å²) in [5.74, 6) is -0.562. The van der Waals surface area contributed by atoms with Crippen LogP contribution in [0.15, 0.2) is 0 Å². The average Bonchev–Trinajstić information content (AvgIpc) is 2.35. The Bertz CT molecular complexity index is 446. The Hall–Kier alpha value is -0.220. The molecule has 0 saturated carbocycles. The van der Waals surface area contributed by atoms with Crippen LogP contribution < -0.4 is 5.73 Å². The highest BCUT2D eigenvalue weighted by Gasteiger charge is 2.22. The van der Waals surface area contributed by atoms with Crippen LogP contribution in [0.4, 0.5) is 0 Å². The van der Waals surface area contributed by atoms with Crippen molar-refractivity contribution in [2.45, 2.75) is 58.3 Å². The topological polar surface area (TPSA) is 113 Å². The molecule has 21 heavy (non-hydrogen) atoms. The Labute approximate surface area is 128 Å². The van der Waals surface area contributed by atoms with Crippen molar-refractivity contribution in [3.05, 3.63) is 0 Å². The second-order valence-corrected chi connectivity index (χ2v) is 7.94. The summed E-state index contributed by atoms with van der Waals surface area (Å²) in [4.78, 5) is 0. The van der Waals surface area contributed by atoms with Gasteiger partial charge in [0.2, 0.25) is 0 Å². The molecule has 0 aromatic carbocycles. The lowest BCUT2D eigenvalue weighted by molar-refractivity contribution is 0.267. The van der Waals surface area contributed by atoms with Gasteiger partial charge < -0.3 is 5.73 Å². The van der Waals surface area contributed by atoms with Gasteiger partial charge in [0, 0.05) is 6.54 Å². The Morgan fingerprint density at radius 2 is 1.38 bits per heavy atom. The van der Waals surface area contributed by atoms with Crippen LogP contribution in [-0.4, -0.2) is 35.7 Å². The lowest BCUT2D eigenvalue weighted by Gasteiger charge is -2.06. The first kappa shape index (κ1) is 20.8. The fourth-order valence-electron chi connectivity index (χ4n) is 1.72. The van der Waals surface area contributed by atoms with Crippen molar-refractivity contribution in [2.24, 2.45) is 5.73 Å². The first-order valence-corrected chi connectivity index (χ1v) is 10.3. The summed E-state index contributed by atoms with van der Waals surface area (Å²) < 4.78 is 53.3. The summed E-state index contributed by atoms with van der Waals surface area (Å²) >= 11 is 0. The zero-order valence-corrected chi connectivity index (χ0v) is 14.3. The molecule has 0 amide bonds. The normalized spacial score (nSPS) is 12.7. The van der Waals surface area contributed by atoms with Gasteiger partial charge >= 0.3 is 10.4 Å². The van der Waals surface area contributed by atoms with Crippen LogP contribution in [0, 0.1) is 0 Å². The van der Waals surface area contributed by atoms with E-state index >= 15 is 0 Å². The SMILES string of the molecule is CCCCCCCCCCOS(=O)(=O)OS(=O)(=O)CCN. The van der Waals surface area contributed by atoms with Crippen LogP contribution in [0.25, 0.3) is 0 Å². The molecule has 0 spiro atoms. The standard InChI is InChI=1S/C12H27NO6S2/c1-2-3-4-5-6-7-8-9-11-18-21(16,17)19-20(14,15)12-10-13/h2-13H2,1H3. The van der Waals surface area contributed by atoms with Gasteiger partial charge in [-0.3, -0.25) is 0 Å². The maximum Gasteiger partial charge on any atom is 0.414 e. The molecule has 0 heterocycles. The highest BCUT2D eigenvalue weighted by Crippen LogP contribution is 2.10. The second kappa shape index (κ2) is 11.4. The van der Waals surface area contributed by atoms with Gasteiger partial charge in [-0.1, -0.05) is 51.9 Å². The van der Waals surface area contributed by atoms with Gasteiger partial charge in [0.25, 0.3) is 10.1 Å². The summed E-state index contributed by atoms with van der Waals surface area (Å²) in [6.07, 6.45) is 8.40. The molecule has 0 fully saturated rings. The van der Waals surface area contributed by atoms with Crippen molar-refractivity contribution in [3.63, 3.8) is 0 Å². The van der Waals surface area contributed by atoms with E-state index in [4.69, 9.17) is 5.73 Å². The smallest absolute Gasteiger partial charge is 0.329 e. The molecule has 0 aromatic rings. The van der Waals surface area contributed by atoms with E-state index in [1.165, 1.54) is 25.7 Å². The molecule has 0 saturated heterocycles. The minimum Gasteiger partial charge on any atom is -0.329 e. The highest BCUT2D eigenvalue weighted by atomic mass is 32.3. The lowest BCUT2D eigenvalue weighted by atomic mass is 10.1. The van der Waals surface area contributed by atoms with E-state index in [0.717, 1.165) is 19.3 Å². The van der Waals surface area contributed by atoms with Crippen LogP contribution in [0.5, 0.6) is 0 Å². The first-order valence-electron chi connectivity index (χ1n) is 7.36. The summed E-state index contributed by atoms with van der Waals surface area (Å²) in [5, 5.41) is 0. The number of hydrogen-bond donors (Lipinski definition) is 1. The second-order valence-electron chi connectivity index (χ2n) is 4.82. The summed E-state index contributed by atoms with van der Waals surface area (Å²) in [7, 11) is -8.70. The Morgan fingerprint density at radius 1 is 0.857 bits per heavy atom. The number of hydrogen-bond acceptors (Lipinski definition) is 7. The Morgan fingerprint density at radius 3 is 1.90 bits per heavy atom. The van der Waals surface area contributed by atoms with E-state index in [2.05, 4.69) is 14.7 Å². The fraction of sp³-hybridized carbons (Fsp3) is 1.00. The molecule has 0 unspecified atom stereocenters. The first-order chi connectivity index (χ1) is 9.83. The zero-order chi connectivity index (χ0) is 16.2. The maximum absolute atomic E-state index is 11.3. The maximum atomic E-state index is 11.3. The molecule has 0 rings (SSSR count). The third kappa shape index (κ3) is 13.2. The van der Waals surface area contributed by atoms with Crippen molar-refractivity contribution in [1.82, 2.24) is 0 Å². The van der Waals surface area contributed by atoms with Gasteiger partial charge in [-0.2, -0.15) is 16.8 Å². The van der Waals surface area contributed by atoms with Crippen LogP contribution in [-0.2, 0) is 28.3 Å². The van der Waals surface area contributed by atoms with E-state index < -0.39 is 26.3 Å². The molecule has 0 aliphatic carbocycles. The van der Waals surface area contributed by atoms with Gasteiger partial charge in [-0.25, -0.2) is 4.18 Å². The summed E-state index contributed by atoms with van der Waals surface area (Å²) in [6.45, 7) is 1.87. The predicted octanol–water partition coefficient (Wildman–Crippen LogP) is 1.69. The molecule has 0 atom stereocenters. The molecule has 9 heteroatoms. The van der Waals surface area contributed by atoms with Crippen LogP contribution in [0.3, 0.4) is 0 Å². The lowest BCUT2D eigenvalue weighted by Crippen LogP contribution is -2.22. The van der Waals surface area contributed by atoms with E-state index in [0.29, 0.717) is 6.42 Å². The van der Waals surface area contributed by atoms with Crippen molar-refractivity contribution >= 4 is 20.5 Å². The van der Waals surface area contributed by atoms with Gasteiger partial charge in [0.15, 0.2) is 0 Å². The van der Waals surface area contributed by atoms with Gasteiger partial charge in [-0.05, 0) is 6.42 Å².